The number of aromatic nitrogens is 3. The monoisotopic (exact) mass is 431 g/mol. The maximum absolute atomic E-state index is 13.5. The molecule has 0 spiro atoms. The summed E-state index contributed by atoms with van der Waals surface area (Å²) >= 11 is 6.35. The molecule has 0 radical (unpaired) electrons. The summed E-state index contributed by atoms with van der Waals surface area (Å²) in [5, 5.41) is 4.68. The summed E-state index contributed by atoms with van der Waals surface area (Å²) in [5.41, 5.74) is 12.7. The van der Waals surface area contributed by atoms with Crippen molar-refractivity contribution in [1.82, 2.24) is 14.5 Å². The van der Waals surface area contributed by atoms with Gasteiger partial charge in [-0.2, -0.15) is 0 Å². The lowest BCUT2D eigenvalue weighted by atomic mass is 10.1. The summed E-state index contributed by atoms with van der Waals surface area (Å²) in [4.78, 5) is 24.9. The van der Waals surface area contributed by atoms with Crippen LogP contribution in [0.3, 0.4) is 0 Å². The van der Waals surface area contributed by atoms with Crippen LogP contribution in [0.2, 0.25) is 5.02 Å². The van der Waals surface area contributed by atoms with E-state index in [1.165, 1.54) is 0 Å². The summed E-state index contributed by atoms with van der Waals surface area (Å²) in [6, 6.07) is 16.0. The second kappa shape index (κ2) is 7.97. The van der Waals surface area contributed by atoms with Crippen LogP contribution in [0.5, 0.6) is 0 Å². The molecule has 0 bridgehead atoms. The molecule has 0 amide bonds. The molecule has 0 aliphatic carbocycles. The number of rotatable bonds is 4. The molecule has 8 nitrogen and oxygen atoms in total. The molecule has 4 rings (SSSR count). The third-order valence-electron chi connectivity index (χ3n) is 4.88. The van der Waals surface area contributed by atoms with Gasteiger partial charge in [0, 0.05) is 11.4 Å². The van der Waals surface area contributed by atoms with Gasteiger partial charge in [-0.05, 0) is 36.6 Å². The summed E-state index contributed by atoms with van der Waals surface area (Å²) < 4.78 is 1.59. The summed E-state index contributed by atoms with van der Waals surface area (Å²) in [6.45, 7) is 9.26. The molecule has 4 aromatic rings. The van der Waals surface area contributed by atoms with Crippen LogP contribution < -0.4 is 22.3 Å². The van der Waals surface area contributed by atoms with Crippen LogP contribution in [0.4, 0.5) is 23.3 Å². The Kier molecular flexibility index (Phi) is 5.19. The number of nitrogen functional groups attached to an aromatic ring is 2. The van der Waals surface area contributed by atoms with Crippen LogP contribution in [0.25, 0.3) is 21.3 Å². The molecule has 0 fully saturated rings. The number of hydrogen-bond acceptors (Lipinski definition) is 6. The normalized spacial score (nSPS) is 11.8. The lowest BCUT2D eigenvalue weighted by Crippen LogP contribution is -2.26. The van der Waals surface area contributed by atoms with Crippen LogP contribution in [0.1, 0.15) is 18.7 Å². The zero-order valence-corrected chi connectivity index (χ0v) is 17.3. The van der Waals surface area contributed by atoms with Gasteiger partial charge in [0.15, 0.2) is 0 Å². The first-order valence-electron chi connectivity index (χ1n) is 9.37. The molecule has 0 aliphatic rings. The van der Waals surface area contributed by atoms with Gasteiger partial charge in [0.05, 0.1) is 23.0 Å². The molecule has 0 unspecified atom stereocenters. The minimum Gasteiger partial charge on any atom is -0.392 e. The number of pyridine rings is 1. The highest BCUT2D eigenvalue weighted by Gasteiger charge is 2.20. The minimum absolute atomic E-state index is 0.0112. The number of hydrogen-bond donors (Lipinski definition) is 3. The molecule has 9 heteroatoms. The summed E-state index contributed by atoms with van der Waals surface area (Å²) in [6.07, 6.45) is 0. The molecule has 2 heterocycles. The standard InChI is InChI=1S/C22H18ClN7O/c1-12(27-20-18(26-2)19(24)28-22(25)29-20)16-11-13-7-6-10-15(23)17(13)21(31)30(16)14-8-4-3-5-9-14/h3-12H,1H3,(H5,24,25,27,28,29)/t12-/m0/s1. The Bertz CT molecular complexity index is 1390. The molecular weight excluding hydrogens is 414 g/mol. The van der Waals surface area contributed by atoms with Gasteiger partial charge in [-0.3, -0.25) is 9.36 Å². The van der Waals surface area contributed by atoms with Crippen molar-refractivity contribution < 1.29 is 0 Å². The van der Waals surface area contributed by atoms with Gasteiger partial charge in [0.1, 0.15) is 11.6 Å². The van der Waals surface area contributed by atoms with Crippen molar-refractivity contribution >= 4 is 45.6 Å². The predicted octanol–water partition coefficient (Wildman–Crippen LogP) is 4.32. The van der Waals surface area contributed by atoms with Crippen molar-refractivity contribution in [2.75, 3.05) is 16.8 Å². The number of fused-ring (bicyclic) bond motifs is 1. The van der Waals surface area contributed by atoms with Crippen LogP contribution in [-0.4, -0.2) is 14.5 Å². The average molecular weight is 432 g/mol. The number of anilines is 3. The zero-order chi connectivity index (χ0) is 22.1. The van der Waals surface area contributed by atoms with Gasteiger partial charge in [-0.1, -0.05) is 41.9 Å². The van der Waals surface area contributed by atoms with Gasteiger partial charge in [0.25, 0.3) is 11.2 Å². The maximum atomic E-state index is 13.5. The van der Waals surface area contributed by atoms with E-state index in [1.54, 1.807) is 16.7 Å². The molecule has 0 saturated carbocycles. The number of nitrogens with zero attached hydrogens (tertiary/aromatic N) is 4. The van der Waals surface area contributed by atoms with Gasteiger partial charge < -0.3 is 16.8 Å². The Morgan fingerprint density at radius 2 is 1.87 bits per heavy atom. The molecular formula is C22H18ClN7O. The van der Waals surface area contributed by atoms with E-state index in [-0.39, 0.29) is 28.8 Å². The molecule has 31 heavy (non-hydrogen) atoms. The predicted molar refractivity (Wildman–Crippen MR) is 124 cm³/mol. The highest BCUT2D eigenvalue weighted by molar-refractivity contribution is 6.35. The van der Waals surface area contributed by atoms with E-state index in [4.69, 9.17) is 29.6 Å². The number of nitrogens with two attached hydrogens (primary N) is 2. The second-order valence-corrected chi connectivity index (χ2v) is 7.30. The Balaban J connectivity index is 1.94. The van der Waals surface area contributed by atoms with Gasteiger partial charge in [0.2, 0.25) is 5.95 Å². The van der Waals surface area contributed by atoms with E-state index < -0.39 is 6.04 Å². The Labute approximate surface area is 182 Å². The van der Waals surface area contributed by atoms with Crippen molar-refractivity contribution in [1.29, 1.82) is 0 Å². The van der Waals surface area contributed by atoms with E-state index >= 15 is 0 Å². The van der Waals surface area contributed by atoms with Crippen LogP contribution in [-0.2, 0) is 0 Å². The van der Waals surface area contributed by atoms with E-state index in [0.29, 0.717) is 27.2 Å². The summed E-state index contributed by atoms with van der Waals surface area (Å²) in [7, 11) is 0. The van der Waals surface area contributed by atoms with E-state index in [1.807, 2.05) is 49.4 Å². The van der Waals surface area contributed by atoms with Crippen molar-refractivity contribution in [3.63, 3.8) is 0 Å². The van der Waals surface area contributed by atoms with Crippen molar-refractivity contribution in [2.24, 2.45) is 0 Å². The highest BCUT2D eigenvalue weighted by atomic mass is 35.5. The van der Waals surface area contributed by atoms with Crippen molar-refractivity contribution in [3.8, 4) is 5.69 Å². The van der Waals surface area contributed by atoms with Crippen LogP contribution in [0.15, 0.2) is 59.4 Å². The molecule has 0 aliphatic heterocycles. The van der Waals surface area contributed by atoms with Gasteiger partial charge in [-0.25, -0.2) is 14.8 Å². The maximum Gasteiger partial charge on any atom is 0.268 e. The van der Waals surface area contributed by atoms with Crippen LogP contribution in [0, 0.1) is 6.57 Å². The molecule has 5 N–H and O–H groups in total. The third kappa shape index (κ3) is 3.63. The first-order chi connectivity index (χ1) is 14.9. The molecule has 1 atom stereocenters. The van der Waals surface area contributed by atoms with Gasteiger partial charge in [-0.15, -0.1) is 0 Å². The van der Waals surface area contributed by atoms with Crippen molar-refractivity contribution in [2.45, 2.75) is 13.0 Å². The van der Waals surface area contributed by atoms with E-state index in [0.717, 1.165) is 0 Å². The number of para-hydroxylation sites is 1. The molecule has 2 aromatic heterocycles. The number of halogens is 1. The second-order valence-electron chi connectivity index (χ2n) is 6.89. The largest absolute Gasteiger partial charge is 0.392 e. The van der Waals surface area contributed by atoms with Crippen LogP contribution >= 0.6 is 11.6 Å². The highest BCUT2D eigenvalue weighted by Crippen LogP contribution is 2.33. The Morgan fingerprint density at radius 1 is 1.13 bits per heavy atom. The lowest BCUT2D eigenvalue weighted by molar-refractivity contribution is 0.774. The van der Waals surface area contributed by atoms with Crippen molar-refractivity contribution in [3.05, 3.63) is 87.1 Å². The van der Waals surface area contributed by atoms with E-state index in [2.05, 4.69) is 20.1 Å². The topological polar surface area (TPSA) is 116 Å². The minimum atomic E-state index is -0.439. The molecule has 0 saturated heterocycles. The van der Waals surface area contributed by atoms with E-state index in [9.17, 15) is 4.79 Å². The molecule has 2 aromatic carbocycles. The number of nitrogens with one attached hydrogen (secondary N) is 1. The van der Waals surface area contributed by atoms with Gasteiger partial charge >= 0.3 is 0 Å². The number of benzene rings is 2. The first kappa shape index (κ1) is 20.2. The molecule has 154 valence electrons. The Hall–Kier alpha value is -4.09. The smallest absolute Gasteiger partial charge is 0.268 e. The fourth-order valence-electron chi connectivity index (χ4n) is 3.48. The average Bonchev–Trinajstić information content (AvgIpc) is 2.74. The fraction of sp³-hybridized carbons (Fsp3) is 0.0909. The Morgan fingerprint density at radius 3 is 2.58 bits per heavy atom. The summed E-state index contributed by atoms with van der Waals surface area (Å²) in [5.74, 6) is 0.138. The third-order valence-corrected chi connectivity index (χ3v) is 5.19. The quantitative estimate of drug-likeness (QED) is 0.414. The zero-order valence-electron chi connectivity index (χ0n) is 16.5. The lowest BCUT2D eigenvalue weighted by Gasteiger charge is -2.22. The SMILES string of the molecule is [C-]#[N+]c1c(N)nc(N)nc1N[C@@H](C)c1cc2cccc(Cl)c2c(=O)n1-c1ccccc1. The first-order valence-corrected chi connectivity index (χ1v) is 9.75. The fourth-order valence-corrected chi connectivity index (χ4v) is 3.74.